The van der Waals surface area contributed by atoms with Crippen LogP contribution in [0.15, 0.2) is 21.3 Å². The molecule has 0 saturated carbocycles. The van der Waals surface area contributed by atoms with Crippen LogP contribution >= 0.6 is 0 Å². The predicted molar refractivity (Wildman–Crippen MR) is 119 cm³/mol. The third kappa shape index (κ3) is 3.03. The highest BCUT2D eigenvalue weighted by molar-refractivity contribution is 5.98. The van der Waals surface area contributed by atoms with Gasteiger partial charge in [0.2, 0.25) is 5.43 Å². The fourth-order valence-electron chi connectivity index (χ4n) is 4.73. The summed E-state index contributed by atoms with van der Waals surface area (Å²) in [6.07, 6.45) is 3.12. The van der Waals surface area contributed by atoms with Crippen LogP contribution in [0.1, 0.15) is 51.7 Å². The van der Waals surface area contributed by atoms with Crippen LogP contribution in [-0.4, -0.2) is 25.4 Å². The number of aryl methyl sites for hydroxylation is 1. The van der Waals surface area contributed by atoms with Crippen molar-refractivity contribution >= 4 is 21.9 Å². The Bertz CT molecular complexity index is 1280. The van der Waals surface area contributed by atoms with Gasteiger partial charge in [0.15, 0.2) is 11.5 Å². The number of hydrogen-bond donors (Lipinski definition) is 0. The summed E-state index contributed by atoms with van der Waals surface area (Å²) in [5.74, 6) is 2.44. The SMILES string of the molecule is COc1cc2oc3cc(OC)c4c(c3c(=O)c2c2c1CCC(C)(C)O2)CCC(C)(C)O4. The number of benzene rings is 2. The van der Waals surface area contributed by atoms with Gasteiger partial charge in [-0.1, -0.05) is 0 Å². The molecule has 5 rings (SSSR count). The summed E-state index contributed by atoms with van der Waals surface area (Å²) in [6.45, 7) is 8.15. The Hall–Kier alpha value is -2.89. The third-order valence-electron chi connectivity index (χ3n) is 6.44. The van der Waals surface area contributed by atoms with Crippen molar-refractivity contribution < 1.29 is 23.4 Å². The molecular weight excluding hydrogens is 396 g/mol. The monoisotopic (exact) mass is 424 g/mol. The highest BCUT2D eigenvalue weighted by Crippen LogP contribution is 2.47. The Kier molecular flexibility index (Phi) is 4.24. The molecule has 0 amide bonds. The van der Waals surface area contributed by atoms with Crippen LogP contribution in [0.4, 0.5) is 0 Å². The molecule has 0 atom stereocenters. The largest absolute Gasteiger partial charge is 0.496 e. The summed E-state index contributed by atoms with van der Waals surface area (Å²) >= 11 is 0. The van der Waals surface area contributed by atoms with Gasteiger partial charge in [0.05, 0.1) is 19.6 Å². The molecule has 164 valence electrons. The Morgan fingerprint density at radius 1 is 0.774 bits per heavy atom. The van der Waals surface area contributed by atoms with Crippen molar-refractivity contribution in [1.82, 2.24) is 0 Å². The molecule has 6 nitrogen and oxygen atoms in total. The lowest BCUT2D eigenvalue weighted by Crippen LogP contribution is -2.34. The maximum atomic E-state index is 13.9. The van der Waals surface area contributed by atoms with Crippen LogP contribution in [0.2, 0.25) is 0 Å². The van der Waals surface area contributed by atoms with Crippen LogP contribution in [0.5, 0.6) is 23.0 Å². The van der Waals surface area contributed by atoms with Crippen molar-refractivity contribution in [2.45, 2.75) is 64.6 Å². The topological polar surface area (TPSA) is 67.1 Å². The minimum absolute atomic E-state index is 0.102. The number of fused-ring (bicyclic) bond motifs is 6. The molecule has 2 aliphatic heterocycles. The maximum Gasteiger partial charge on any atom is 0.204 e. The normalized spacial score (nSPS) is 18.6. The molecule has 6 heteroatoms. The lowest BCUT2D eigenvalue weighted by atomic mass is 9.90. The molecule has 0 aliphatic carbocycles. The first kappa shape index (κ1) is 20.0. The van der Waals surface area contributed by atoms with E-state index < -0.39 is 0 Å². The highest BCUT2D eigenvalue weighted by atomic mass is 16.5. The van der Waals surface area contributed by atoms with Gasteiger partial charge in [-0.2, -0.15) is 0 Å². The van der Waals surface area contributed by atoms with Crippen LogP contribution in [-0.2, 0) is 12.8 Å². The molecule has 0 spiro atoms. The molecule has 0 radical (unpaired) electrons. The minimum atomic E-state index is -0.375. The van der Waals surface area contributed by atoms with E-state index >= 15 is 0 Å². The fraction of sp³-hybridized carbons (Fsp3) is 0.480. The van der Waals surface area contributed by atoms with Gasteiger partial charge in [-0.3, -0.25) is 4.79 Å². The zero-order valence-electron chi connectivity index (χ0n) is 18.9. The number of methoxy groups -OCH3 is 2. The van der Waals surface area contributed by atoms with E-state index in [-0.39, 0.29) is 16.6 Å². The Balaban J connectivity index is 1.90. The van der Waals surface area contributed by atoms with Gasteiger partial charge in [0, 0.05) is 23.3 Å². The van der Waals surface area contributed by atoms with E-state index in [9.17, 15) is 4.79 Å². The van der Waals surface area contributed by atoms with Crippen molar-refractivity contribution in [2.24, 2.45) is 0 Å². The summed E-state index contributed by atoms with van der Waals surface area (Å²) in [4.78, 5) is 13.9. The van der Waals surface area contributed by atoms with Gasteiger partial charge in [0.1, 0.15) is 39.3 Å². The molecule has 3 heterocycles. The molecule has 3 aromatic rings. The van der Waals surface area contributed by atoms with Crippen LogP contribution in [0.25, 0.3) is 21.9 Å². The molecule has 0 saturated heterocycles. The van der Waals surface area contributed by atoms with E-state index in [2.05, 4.69) is 0 Å². The first-order chi connectivity index (χ1) is 14.6. The zero-order valence-corrected chi connectivity index (χ0v) is 18.9. The Morgan fingerprint density at radius 2 is 1.32 bits per heavy atom. The fourth-order valence-corrected chi connectivity index (χ4v) is 4.73. The molecular formula is C25H28O6. The van der Waals surface area contributed by atoms with Crippen molar-refractivity contribution in [3.05, 3.63) is 33.5 Å². The van der Waals surface area contributed by atoms with Gasteiger partial charge in [0.25, 0.3) is 0 Å². The van der Waals surface area contributed by atoms with E-state index in [0.29, 0.717) is 51.4 Å². The van der Waals surface area contributed by atoms with E-state index in [1.54, 1.807) is 26.4 Å². The first-order valence-corrected chi connectivity index (χ1v) is 10.7. The average molecular weight is 424 g/mol. The standard InChI is InChI=1S/C25H28O6/c1-24(2)10-8-14-19-16(12-18(28-6)22(14)30-24)29-17-11-15(27-5)13-7-9-25(3,4)31-23(13)20(17)21(19)26/h11-12H,7-10H2,1-6H3. The summed E-state index contributed by atoms with van der Waals surface area (Å²) < 4.78 is 30.0. The van der Waals surface area contributed by atoms with E-state index in [1.807, 2.05) is 27.7 Å². The molecule has 2 aliphatic rings. The second kappa shape index (κ2) is 6.55. The van der Waals surface area contributed by atoms with Crippen LogP contribution < -0.4 is 24.4 Å². The molecule has 1 aromatic heterocycles. The summed E-state index contributed by atoms with van der Waals surface area (Å²) in [7, 11) is 3.22. The number of rotatable bonds is 2. The van der Waals surface area contributed by atoms with E-state index in [0.717, 1.165) is 30.4 Å². The van der Waals surface area contributed by atoms with Crippen molar-refractivity contribution in [3.63, 3.8) is 0 Å². The summed E-state index contributed by atoms with van der Waals surface area (Å²) in [5.41, 5.74) is 1.88. The summed E-state index contributed by atoms with van der Waals surface area (Å²) in [5, 5.41) is 1.01. The number of ether oxygens (including phenoxy) is 4. The Labute approximate surface area is 181 Å². The van der Waals surface area contributed by atoms with E-state index in [4.69, 9.17) is 23.4 Å². The van der Waals surface area contributed by atoms with Gasteiger partial charge in [-0.15, -0.1) is 0 Å². The zero-order chi connectivity index (χ0) is 22.1. The van der Waals surface area contributed by atoms with Gasteiger partial charge >= 0.3 is 0 Å². The first-order valence-electron chi connectivity index (χ1n) is 10.7. The quantitative estimate of drug-likeness (QED) is 0.529. The van der Waals surface area contributed by atoms with E-state index in [1.165, 1.54) is 0 Å². The third-order valence-corrected chi connectivity index (χ3v) is 6.44. The van der Waals surface area contributed by atoms with Crippen LogP contribution in [0.3, 0.4) is 0 Å². The maximum absolute atomic E-state index is 13.9. The van der Waals surface area contributed by atoms with Crippen molar-refractivity contribution in [3.8, 4) is 23.0 Å². The predicted octanol–water partition coefficient (Wildman–Crippen LogP) is 5.17. The minimum Gasteiger partial charge on any atom is -0.496 e. The van der Waals surface area contributed by atoms with Crippen LogP contribution in [0, 0.1) is 0 Å². The second-order valence-electron chi connectivity index (χ2n) is 9.67. The molecule has 31 heavy (non-hydrogen) atoms. The number of hydrogen-bond acceptors (Lipinski definition) is 6. The molecule has 0 unspecified atom stereocenters. The van der Waals surface area contributed by atoms with Gasteiger partial charge < -0.3 is 23.4 Å². The smallest absolute Gasteiger partial charge is 0.204 e. The van der Waals surface area contributed by atoms with Gasteiger partial charge in [-0.05, 0) is 53.4 Å². The lowest BCUT2D eigenvalue weighted by molar-refractivity contribution is 0.0809. The molecule has 0 fully saturated rings. The molecule has 0 bridgehead atoms. The van der Waals surface area contributed by atoms with Crippen molar-refractivity contribution in [1.29, 1.82) is 0 Å². The second-order valence-corrected chi connectivity index (χ2v) is 9.67. The van der Waals surface area contributed by atoms with Gasteiger partial charge in [-0.25, -0.2) is 0 Å². The highest BCUT2D eigenvalue weighted by Gasteiger charge is 2.35. The van der Waals surface area contributed by atoms with Crippen molar-refractivity contribution in [2.75, 3.05) is 14.2 Å². The molecule has 2 aromatic carbocycles. The average Bonchev–Trinajstić information content (AvgIpc) is 2.70. The summed E-state index contributed by atoms with van der Waals surface area (Å²) in [6, 6.07) is 3.54. The Morgan fingerprint density at radius 3 is 1.97 bits per heavy atom. The lowest BCUT2D eigenvalue weighted by Gasteiger charge is -2.34. The molecule has 0 N–H and O–H groups in total.